The summed E-state index contributed by atoms with van der Waals surface area (Å²) in [7, 11) is 0. The van der Waals surface area contributed by atoms with E-state index in [9.17, 15) is 14.4 Å². The predicted octanol–water partition coefficient (Wildman–Crippen LogP) is 3.72. The van der Waals surface area contributed by atoms with E-state index in [2.05, 4.69) is 21.6 Å². The van der Waals surface area contributed by atoms with E-state index in [1.165, 1.54) is 0 Å². The maximum Gasteiger partial charge on any atom is 0.410 e. The van der Waals surface area contributed by atoms with Crippen molar-refractivity contribution >= 4 is 29.4 Å². The Morgan fingerprint density at radius 3 is 2.48 bits per heavy atom. The lowest BCUT2D eigenvalue weighted by Crippen LogP contribution is -2.56. The Balaban J connectivity index is 1.00. The number of amides is 4. The zero-order valence-corrected chi connectivity index (χ0v) is 28.0. The second kappa shape index (κ2) is 14.6. The van der Waals surface area contributed by atoms with Crippen LogP contribution in [-0.4, -0.2) is 128 Å². The average molecular weight is 661 g/mol. The van der Waals surface area contributed by atoms with Crippen molar-refractivity contribution in [3.05, 3.63) is 53.1 Å². The van der Waals surface area contributed by atoms with Gasteiger partial charge in [0.1, 0.15) is 12.4 Å². The van der Waals surface area contributed by atoms with Crippen LogP contribution in [0.25, 0.3) is 0 Å². The quantitative estimate of drug-likeness (QED) is 0.482. The number of nitrogens with one attached hydrogen (secondary N) is 2. The SMILES string of the molecule is Cc1cc(C[C@@H](OC(=O)N2CCC(N3CCc4ccccc4NC3=O)CC2)C(=O)N2CCN(C3CCOCC3)CC2)cc2c1NCCO2. The number of fused-ring (bicyclic) bond motifs is 2. The van der Waals surface area contributed by atoms with Gasteiger partial charge in [0.25, 0.3) is 5.91 Å². The lowest BCUT2D eigenvalue weighted by Gasteiger charge is -2.41. The van der Waals surface area contributed by atoms with Crippen LogP contribution in [0.1, 0.15) is 42.4 Å². The standard InChI is InChI=1S/C36H48N6O6/c1-25-22-26(23-31-33(25)37-11-21-47-31)24-32(34(43)40-17-15-39(16-18-40)28-9-19-46-20-10-28)48-36(45)41-12-7-29(8-13-41)42-14-6-27-4-2-3-5-30(27)38-35(42)44/h2-5,22-23,28-29,32,37H,6-21,24H2,1H3,(H,38,44)/t32-/m1/s1. The summed E-state index contributed by atoms with van der Waals surface area (Å²) in [6.45, 7) is 9.30. The van der Waals surface area contributed by atoms with Crippen molar-refractivity contribution in [1.29, 1.82) is 0 Å². The maximum atomic E-state index is 14.1. The molecule has 5 aliphatic heterocycles. The van der Waals surface area contributed by atoms with Crippen LogP contribution in [0.5, 0.6) is 5.75 Å². The molecule has 5 aliphatic rings. The molecule has 1 atom stereocenters. The van der Waals surface area contributed by atoms with Crippen LogP contribution in [0.15, 0.2) is 36.4 Å². The first-order valence-corrected chi connectivity index (χ1v) is 17.6. The van der Waals surface area contributed by atoms with Gasteiger partial charge in [0.15, 0.2) is 6.10 Å². The van der Waals surface area contributed by atoms with Gasteiger partial charge in [0.2, 0.25) is 0 Å². The number of carbonyl (C=O) groups is 3. The van der Waals surface area contributed by atoms with E-state index in [-0.39, 0.29) is 24.4 Å². The summed E-state index contributed by atoms with van der Waals surface area (Å²) in [5.74, 6) is 0.613. The minimum atomic E-state index is -0.950. The van der Waals surface area contributed by atoms with Gasteiger partial charge in [-0.3, -0.25) is 9.69 Å². The highest BCUT2D eigenvalue weighted by Gasteiger charge is 2.36. The minimum Gasteiger partial charge on any atom is -0.490 e. The number of piperidine rings is 1. The molecule has 12 heteroatoms. The second-order valence-corrected chi connectivity index (χ2v) is 13.6. The van der Waals surface area contributed by atoms with E-state index in [4.69, 9.17) is 14.2 Å². The fourth-order valence-electron chi connectivity index (χ4n) is 7.87. The Kier molecular flexibility index (Phi) is 9.90. The van der Waals surface area contributed by atoms with Crippen LogP contribution in [-0.2, 0) is 27.1 Å². The van der Waals surface area contributed by atoms with Gasteiger partial charge in [-0.1, -0.05) is 24.3 Å². The largest absolute Gasteiger partial charge is 0.490 e. The number of para-hydroxylation sites is 1. The van der Waals surface area contributed by atoms with E-state index in [0.29, 0.717) is 58.2 Å². The number of likely N-dealkylation sites (tertiary alicyclic amines) is 1. The van der Waals surface area contributed by atoms with Crippen molar-refractivity contribution in [2.45, 2.75) is 63.6 Å². The van der Waals surface area contributed by atoms with E-state index in [1.54, 1.807) is 4.90 Å². The van der Waals surface area contributed by atoms with Crippen LogP contribution in [0.2, 0.25) is 0 Å². The van der Waals surface area contributed by atoms with Gasteiger partial charge < -0.3 is 39.5 Å². The third-order valence-electron chi connectivity index (χ3n) is 10.6. The first-order chi connectivity index (χ1) is 23.4. The minimum absolute atomic E-state index is 0.0277. The summed E-state index contributed by atoms with van der Waals surface area (Å²) in [6, 6.07) is 12.4. The van der Waals surface area contributed by atoms with Crippen molar-refractivity contribution < 1.29 is 28.6 Å². The summed E-state index contributed by atoms with van der Waals surface area (Å²) >= 11 is 0. The van der Waals surface area contributed by atoms with Gasteiger partial charge in [0.05, 0.1) is 5.69 Å². The number of rotatable bonds is 6. The monoisotopic (exact) mass is 660 g/mol. The van der Waals surface area contributed by atoms with Crippen molar-refractivity contribution in [2.24, 2.45) is 0 Å². The molecule has 0 bridgehead atoms. The van der Waals surface area contributed by atoms with E-state index in [1.807, 2.05) is 47.1 Å². The zero-order valence-electron chi connectivity index (χ0n) is 28.0. The number of hydrogen-bond acceptors (Lipinski definition) is 8. The number of hydrogen-bond donors (Lipinski definition) is 2. The number of aryl methyl sites for hydroxylation is 1. The van der Waals surface area contributed by atoms with E-state index < -0.39 is 12.2 Å². The maximum absolute atomic E-state index is 14.1. The van der Waals surface area contributed by atoms with Crippen molar-refractivity contribution in [2.75, 3.05) is 82.8 Å². The van der Waals surface area contributed by atoms with Crippen LogP contribution >= 0.6 is 0 Å². The smallest absolute Gasteiger partial charge is 0.410 e. The third-order valence-corrected chi connectivity index (χ3v) is 10.6. The molecule has 2 N–H and O–H groups in total. The first-order valence-electron chi connectivity index (χ1n) is 17.6. The van der Waals surface area contributed by atoms with Gasteiger partial charge in [-0.2, -0.15) is 0 Å². The number of ether oxygens (including phenoxy) is 3. The van der Waals surface area contributed by atoms with Crippen molar-refractivity contribution in [3.63, 3.8) is 0 Å². The molecule has 3 saturated heterocycles. The molecule has 12 nitrogen and oxygen atoms in total. The Bertz CT molecular complexity index is 1480. The number of benzene rings is 2. The van der Waals surface area contributed by atoms with Crippen LogP contribution < -0.4 is 15.4 Å². The van der Waals surface area contributed by atoms with Crippen LogP contribution in [0.3, 0.4) is 0 Å². The third kappa shape index (κ3) is 7.19. The summed E-state index contributed by atoms with van der Waals surface area (Å²) in [4.78, 5) is 48.8. The molecule has 0 unspecified atom stereocenters. The molecule has 48 heavy (non-hydrogen) atoms. The van der Waals surface area contributed by atoms with Gasteiger partial charge in [-0.25, -0.2) is 9.59 Å². The number of anilines is 2. The van der Waals surface area contributed by atoms with Gasteiger partial charge in [0, 0.05) is 89.8 Å². The van der Waals surface area contributed by atoms with Gasteiger partial charge in [-0.05, 0) is 67.9 Å². The zero-order chi connectivity index (χ0) is 33.0. The van der Waals surface area contributed by atoms with Crippen molar-refractivity contribution in [1.82, 2.24) is 19.6 Å². The number of urea groups is 1. The van der Waals surface area contributed by atoms with E-state index in [0.717, 1.165) is 85.9 Å². The topological polar surface area (TPSA) is 116 Å². The summed E-state index contributed by atoms with van der Waals surface area (Å²) in [5, 5.41) is 6.46. The summed E-state index contributed by atoms with van der Waals surface area (Å²) in [5.41, 5.74) is 4.90. The second-order valence-electron chi connectivity index (χ2n) is 13.6. The summed E-state index contributed by atoms with van der Waals surface area (Å²) in [6.07, 6.45) is 2.98. The molecule has 2 aromatic rings. The molecule has 258 valence electrons. The Labute approximate surface area is 282 Å². The highest BCUT2D eigenvalue weighted by molar-refractivity contribution is 5.91. The highest BCUT2D eigenvalue weighted by Crippen LogP contribution is 2.33. The molecule has 4 amide bonds. The molecular formula is C36H48N6O6. The van der Waals surface area contributed by atoms with E-state index >= 15 is 0 Å². The number of piperazine rings is 1. The Morgan fingerprint density at radius 2 is 1.69 bits per heavy atom. The number of nitrogens with zero attached hydrogens (tertiary/aromatic N) is 4. The first kappa shape index (κ1) is 32.5. The molecule has 0 saturated carbocycles. The molecule has 0 aliphatic carbocycles. The normalized spacial score (nSPS) is 21.6. The fourth-order valence-corrected chi connectivity index (χ4v) is 7.87. The van der Waals surface area contributed by atoms with Crippen LogP contribution in [0.4, 0.5) is 21.0 Å². The number of carbonyl (C=O) groups excluding carboxylic acids is 3. The van der Waals surface area contributed by atoms with Crippen molar-refractivity contribution in [3.8, 4) is 5.75 Å². The molecule has 2 aromatic carbocycles. The predicted molar refractivity (Wildman–Crippen MR) is 182 cm³/mol. The average Bonchev–Trinajstić information content (AvgIpc) is 3.29. The molecule has 5 heterocycles. The molecule has 7 rings (SSSR count). The molecular weight excluding hydrogens is 612 g/mol. The molecule has 0 spiro atoms. The Morgan fingerprint density at radius 1 is 0.917 bits per heavy atom. The molecule has 0 aromatic heterocycles. The van der Waals surface area contributed by atoms with Gasteiger partial charge in [-0.15, -0.1) is 0 Å². The molecule has 0 radical (unpaired) electrons. The Hall–Kier alpha value is -4.03. The van der Waals surface area contributed by atoms with Gasteiger partial charge >= 0.3 is 12.1 Å². The van der Waals surface area contributed by atoms with Crippen LogP contribution in [0, 0.1) is 6.92 Å². The highest BCUT2D eigenvalue weighted by atomic mass is 16.6. The summed E-state index contributed by atoms with van der Waals surface area (Å²) < 4.78 is 17.6. The fraction of sp³-hybridized carbons (Fsp3) is 0.583. The molecule has 3 fully saturated rings. The lowest BCUT2D eigenvalue weighted by molar-refractivity contribution is -0.143. The lowest BCUT2D eigenvalue weighted by atomic mass is 10.0.